The molecule has 0 radical (unpaired) electrons. The summed E-state index contributed by atoms with van der Waals surface area (Å²) in [6.07, 6.45) is 0. The van der Waals surface area contributed by atoms with E-state index in [1.807, 2.05) is 0 Å². The summed E-state index contributed by atoms with van der Waals surface area (Å²) in [5.41, 5.74) is 5.46. The van der Waals surface area contributed by atoms with Crippen molar-refractivity contribution in [2.45, 2.75) is 0 Å². The number of likely N-dealkylation sites (N-methyl/N-ethyl adjacent to an activating group) is 1. The third-order valence-electron chi connectivity index (χ3n) is 1.13. The van der Waals surface area contributed by atoms with Crippen LogP contribution in [-0.2, 0) is 9.53 Å². The maximum absolute atomic E-state index is 10.9. The molecule has 4 nitrogen and oxygen atoms in total. The Morgan fingerprint density at radius 3 is 2.55 bits per heavy atom. The minimum absolute atomic E-state index is 0.242. The van der Waals surface area contributed by atoms with Gasteiger partial charge in [0.05, 0.1) is 0 Å². The molecule has 0 aromatic carbocycles. The van der Waals surface area contributed by atoms with E-state index in [4.69, 9.17) is 10.5 Å². The Bertz CT molecular complexity index is 155. The van der Waals surface area contributed by atoms with Gasteiger partial charge in [-0.05, 0) is 0 Å². The summed E-state index contributed by atoms with van der Waals surface area (Å²) >= 11 is 0. The highest BCUT2D eigenvalue weighted by Gasteiger charge is 2.08. The molecule has 0 aliphatic carbocycles. The van der Waals surface area contributed by atoms with Crippen LogP contribution in [0.25, 0.3) is 0 Å². The summed E-state index contributed by atoms with van der Waals surface area (Å²) in [7, 11) is 3.46. The number of nitrogens with two attached hydrogens (primary N) is 1. The molecule has 0 aromatic heterocycles. The number of esters is 1. The van der Waals surface area contributed by atoms with E-state index >= 15 is 0 Å². The molecule has 0 spiro atoms. The predicted octanol–water partition coefficient (Wildman–Crippen LogP) is -0.436. The number of ether oxygens (including phenoxy) is 1. The van der Waals surface area contributed by atoms with Gasteiger partial charge in [-0.1, -0.05) is 6.58 Å². The van der Waals surface area contributed by atoms with Gasteiger partial charge in [0.15, 0.2) is 0 Å². The van der Waals surface area contributed by atoms with Crippen molar-refractivity contribution in [1.29, 1.82) is 0 Å². The fraction of sp³-hybridized carbons (Fsp3) is 0.571. The van der Waals surface area contributed by atoms with Gasteiger partial charge in [-0.3, -0.25) is 0 Å². The molecule has 0 fully saturated rings. The van der Waals surface area contributed by atoms with E-state index in [2.05, 4.69) is 6.58 Å². The monoisotopic (exact) mass is 158 g/mol. The summed E-state index contributed by atoms with van der Waals surface area (Å²) in [6.45, 7) is 4.10. The minimum Gasteiger partial charge on any atom is -0.460 e. The lowest BCUT2D eigenvalue weighted by Gasteiger charge is -2.13. The summed E-state index contributed by atoms with van der Waals surface area (Å²) in [6, 6.07) is 0. The lowest BCUT2D eigenvalue weighted by atomic mass is 10.4. The van der Waals surface area contributed by atoms with Gasteiger partial charge >= 0.3 is 5.97 Å². The molecule has 0 rings (SSSR count). The Balaban J connectivity index is 3.75. The van der Waals surface area contributed by atoms with Crippen molar-refractivity contribution in [3.05, 3.63) is 12.3 Å². The molecule has 0 saturated carbocycles. The minimum atomic E-state index is -0.416. The maximum atomic E-state index is 10.9. The van der Waals surface area contributed by atoms with E-state index in [0.717, 1.165) is 0 Å². The van der Waals surface area contributed by atoms with E-state index in [1.165, 1.54) is 0 Å². The van der Waals surface area contributed by atoms with Crippen molar-refractivity contribution in [3.63, 3.8) is 0 Å². The Labute approximate surface area is 66.6 Å². The second-order valence-corrected chi connectivity index (χ2v) is 2.27. The molecule has 0 saturated heterocycles. The second kappa shape index (κ2) is 4.73. The predicted molar refractivity (Wildman–Crippen MR) is 42.8 cm³/mol. The highest BCUT2D eigenvalue weighted by molar-refractivity contribution is 5.86. The van der Waals surface area contributed by atoms with Crippen molar-refractivity contribution < 1.29 is 9.53 Å². The molecule has 0 heterocycles. The number of carbonyl (C=O) groups is 1. The first kappa shape index (κ1) is 9.97. The highest BCUT2D eigenvalue weighted by Crippen LogP contribution is 1.96. The van der Waals surface area contributed by atoms with E-state index in [9.17, 15) is 4.79 Å². The summed E-state index contributed by atoms with van der Waals surface area (Å²) in [4.78, 5) is 12.5. The molecule has 0 atom stereocenters. The van der Waals surface area contributed by atoms with Gasteiger partial charge in [-0.2, -0.15) is 0 Å². The Hall–Kier alpha value is -1.03. The normalized spacial score (nSPS) is 9.00. The largest absolute Gasteiger partial charge is 0.460 e. The van der Waals surface area contributed by atoms with Gasteiger partial charge in [0.2, 0.25) is 0 Å². The number of hydrogen-bond donors (Lipinski definition) is 1. The Morgan fingerprint density at radius 2 is 2.18 bits per heavy atom. The fourth-order valence-electron chi connectivity index (χ4n) is 0.418. The van der Waals surface area contributed by atoms with Crippen LogP contribution in [0.5, 0.6) is 0 Å². The van der Waals surface area contributed by atoms with Crippen molar-refractivity contribution in [2.24, 2.45) is 5.73 Å². The van der Waals surface area contributed by atoms with Crippen LogP contribution < -0.4 is 5.73 Å². The smallest absolute Gasteiger partial charge is 0.354 e. The summed E-state index contributed by atoms with van der Waals surface area (Å²) in [5, 5.41) is 0. The number of carbonyl (C=O) groups excluding carboxylic acids is 1. The molecular formula is C7H14N2O2. The first-order valence-corrected chi connectivity index (χ1v) is 3.33. The van der Waals surface area contributed by atoms with Crippen LogP contribution in [0.2, 0.25) is 0 Å². The molecule has 11 heavy (non-hydrogen) atoms. The molecule has 0 unspecified atom stereocenters. The van der Waals surface area contributed by atoms with E-state index in [1.54, 1.807) is 19.0 Å². The molecule has 64 valence electrons. The van der Waals surface area contributed by atoms with Crippen molar-refractivity contribution in [2.75, 3.05) is 27.2 Å². The molecule has 4 heteroatoms. The number of nitrogens with zero attached hydrogens (tertiary/aromatic N) is 1. The molecular weight excluding hydrogens is 144 g/mol. The first-order chi connectivity index (χ1) is 5.09. The molecule has 0 bridgehead atoms. The quantitative estimate of drug-likeness (QED) is 0.445. The van der Waals surface area contributed by atoms with Crippen LogP contribution in [0.15, 0.2) is 12.3 Å². The van der Waals surface area contributed by atoms with Gasteiger partial charge < -0.3 is 15.4 Å². The Morgan fingerprint density at radius 1 is 1.64 bits per heavy atom. The fourth-order valence-corrected chi connectivity index (χ4v) is 0.418. The number of rotatable bonds is 4. The van der Waals surface area contributed by atoms with Gasteiger partial charge in [0.25, 0.3) is 0 Å². The topological polar surface area (TPSA) is 55.6 Å². The zero-order valence-electron chi connectivity index (χ0n) is 6.96. The van der Waals surface area contributed by atoms with Crippen LogP contribution in [-0.4, -0.2) is 38.1 Å². The molecule has 0 amide bonds. The highest BCUT2D eigenvalue weighted by atomic mass is 16.5. The van der Waals surface area contributed by atoms with Crippen molar-refractivity contribution >= 4 is 5.97 Å². The first-order valence-electron chi connectivity index (χ1n) is 3.33. The third-order valence-corrected chi connectivity index (χ3v) is 1.13. The van der Waals surface area contributed by atoms with Crippen molar-refractivity contribution in [3.8, 4) is 0 Å². The molecule has 2 N–H and O–H groups in total. The van der Waals surface area contributed by atoms with Gasteiger partial charge in [-0.25, -0.2) is 4.79 Å². The Kier molecular flexibility index (Phi) is 4.29. The van der Waals surface area contributed by atoms with E-state index in [0.29, 0.717) is 12.2 Å². The molecule has 0 aliphatic rings. The maximum Gasteiger partial charge on any atom is 0.354 e. The van der Waals surface area contributed by atoms with Gasteiger partial charge in [-0.15, -0.1) is 0 Å². The summed E-state index contributed by atoms with van der Waals surface area (Å²) in [5.74, 6) is -0.416. The van der Waals surface area contributed by atoms with Crippen LogP contribution in [0.4, 0.5) is 0 Å². The molecule has 0 aromatic rings. The molecule has 0 aliphatic heterocycles. The standard InChI is InChI=1S/C7H14N2O2/c1-6(9(2)3)7(10)11-5-4-8/h1,4-5,8H2,2-3H3. The van der Waals surface area contributed by atoms with Crippen molar-refractivity contribution in [1.82, 2.24) is 4.90 Å². The lowest BCUT2D eigenvalue weighted by molar-refractivity contribution is -0.140. The average molecular weight is 158 g/mol. The second-order valence-electron chi connectivity index (χ2n) is 2.27. The van der Waals surface area contributed by atoms with Crippen LogP contribution in [0, 0.1) is 0 Å². The van der Waals surface area contributed by atoms with Crippen LogP contribution >= 0.6 is 0 Å². The van der Waals surface area contributed by atoms with E-state index in [-0.39, 0.29) is 6.61 Å². The van der Waals surface area contributed by atoms with Crippen LogP contribution in [0.3, 0.4) is 0 Å². The average Bonchev–Trinajstić information content (AvgIpc) is 1.98. The number of hydrogen-bond acceptors (Lipinski definition) is 4. The zero-order valence-corrected chi connectivity index (χ0v) is 6.96. The SMILES string of the molecule is C=C(C(=O)OCCN)N(C)C. The third kappa shape index (κ3) is 3.62. The summed E-state index contributed by atoms with van der Waals surface area (Å²) < 4.78 is 4.71. The van der Waals surface area contributed by atoms with Crippen LogP contribution in [0.1, 0.15) is 0 Å². The van der Waals surface area contributed by atoms with Gasteiger partial charge in [0.1, 0.15) is 12.3 Å². The van der Waals surface area contributed by atoms with E-state index < -0.39 is 5.97 Å². The lowest BCUT2D eigenvalue weighted by Crippen LogP contribution is -2.22. The zero-order chi connectivity index (χ0) is 8.85. The van der Waals surface area contributed by atoms with Gasteiger partial charge in [0, 0.05) is 20.6 Å².